The lowest BCUT2D eigenvalue weighted by Crippen LogP contribution is -2.16. The van der Waals surface area contributed by atoms with E-state index in [1.165, 1.54) is 0 Å². The molecule has 1 amide bonds. The van der Waals surface area contributed by atoms with E-state index in [0.29, 0.717) is 17.3 Å². The summed E-state index contributed by atoms with van der Waals surface area (Å²) in [6.45, 7) is 1.98. The van der Waals surface area contributed by atoms with Gasteiger partial charge in [0.1, 0.15) is 11.5 Å². The van der Waals surface area contributed by atoms with Crippen LogP contribution in [0.5, 0.6) is 11.5 Å². The summed E-state index contributed by atoms with van der Waals surface area (Å²) in [5.41, 5.74) is 2.76. The summed E-state index contributed by atoms with van der Waals surface area (Å²) in [7, 11) is 3.16. The van der Waals surface area contributed by atoms with Gasteiger partial charge in [-0.3, -0.25) is 15.2 Å². The quantitative estimate of drug-likeness (QED) is 0.712. The van der Waals surface area contributed by atoms with Gasteiger partial charge in [-0.25, -0.2) is 0 Å². The first-order valence-corrected chi connectivity index (χ1v) is 8.10. The number of H-pyrrole nitrogens is 1. The number of aromatic nitrogens is 3. The minimum absolute atomic E-state index is 0.174. The number of methoxy groups -OCH3 is 2. The third-order valence-corrected chi connectivity index (χ3v) is 4.01. The normalized spacial score (nSPS) is 10.4. The molecule has 2 aromatic carbocycles. The second-order valence-electron chi connectivity index (χ2n) is 5.73. The largest absolute Gasteiger partial charge is 0.497 e. The SMILES string of the molecule is COc1ccc(-c2nc(NC(=O)Cc3ccccc3C)n[nH]2)c(OC)c1. The molecule has 0 aliphatic carbocycles. The molecule has 1 aromatic heterocycles. The Morgan fingerprint density at radius 3 is 2.69 bits per heavy atom. The Bertz CT molecular complexity index is 921. The van der Waals surface area contributed by atoms with Crippen LogP contribution in [0.25, 0.3) is 11.4 Å². The Balaban J connectivity index is 1.74. The summed E-state index contributed by atoms with van der Waals surface area (Å²) in [6, 6.07) is 13.1. The Morgan fingerprint density at radius 1 is 1.15 bits per heavy atom. The molecule has 2 N–H and O–H groups in total. The molecule has 0 aliphatic rings. The third kappa shape index (κ3) is 3.83. The fraction of sp³-hybridized carbons (Fsp3) is 0.211. The maximum atomic E-state index is 12.2. The van der Waals surface area contributed by atoms with Gasteiger partial charge in [-0.15, -0.1) is 5.10 Å². The highest BCUT2D eigenvalue weighted by atomic mass is 16.5. The number of hydrogen-bond donors (Lipinski definition) is 2. The summed E-state index contributed by atoms with van der Waals surface area (Å²) < 4.78 is 10.6. The summed E-state index contributed by atoms with van der Waals surface area (Å²) in [4.78, 5) is 16.6. The van der Waals surface area contributed by atoms with Crippen molar-refractivity contribution in [3.63, 3.8) is 0 Å². The maximum absolute atomic E-state index is 12.2. The van der Waals surface area contributed by atoms with E-state index in [1.807, 2.05) is 37.3 Å². The van der Waals surface area contributed by atoms with Gasteiger partial charge < -0.3 is 9.47 Å². The van der Waals surface area contributed by atoms with Gasteiger partial charge in [-0.2, -0.15) is 4.98 Å². The van der Waals surface area contributed by atoms with Crippen molar-refractivity contribution < 1.29 is 14.3 Å². The minimum atomic E-state index is -0.174. The van der Waals surface area contributed by atoms with Crippen LogP contribution in [-0.4, -0.2) is 35.3 Å². The fourth-order valence-corrected chi connectivity index (χ4v) is 2.58. The smallest absolute Gasteiger partial charge is 0.249 e. The van der Waals surface area contributed by atoms with Crippen LogP contribution in [0.2, 0.25) is 0 Å². The molecule has 0 bridgehead atoms. The number of carbonyl (C=O) groups is 1. The molecule has 0 spiro atoms. The lowest BCUT2D eigenvalue weighted by atomic mass is 10.1. The van der Waals surface area contributed by atoms with Gasteiger partial charge in [-0.05, 0) is 30.2 Å². The van der Waals surface area contributed by atoms with E-state index in [2.05, 4.69) is 20.5 Å². The number of hydrogen-bond acceptors (Lipinski definition) is 5. The molecule has 3 rings (SSSR count). The molecule has 0 saturated carbocycles. The Hall–Kier alpha value is -3.35. The van der Waals surface area contributed by atoms with Crippen LogP contribution in [0.3, 0.4) is 0 Å². The van der Waals surface area contributed by atoms with Gasteiger partial charge in [0, 0.05) is 6.07 Å². The van der Waals surface area contributed by atoms with Gasteiger partial charge in [0.2, 0.25) is 11.9 Å². The van der Waals surface area contributed by atoms with Gasteiger partial charge in [0.25, 0.3) is 0 Å². The second-order valence-corrected chi connectivity index (χ2v) is 5.73. The highest BCUT2D eigenvalue weighted by Gasteiger charge is 2.14. The zero-order valence-electron chi connectivity index (χ0n) is 14.9. The highest BCUT2D eigenvalue weighted by molar-refractivity contribution is 5.91. The van der Waals surface area contributed by atoms with Crippen molar-refractivity contribution in [2.75, 3.05) is 19.5 Å². The monoisotopic (exact) mass is 352 g/mol. The molecule has 3 aromatic rings. The molecular formula is C19H20N4O3. The van der Waals surface area contributed by atoms with E-state index in [1.54, 1.807) is 26.4 Å². The van der Waals surface area contributed by atoms with Crippen LogP contribution in [0.4, 0.5) is 5.95 Å². The molecule has 0 fully saturated rings. The molecule has 0 unspecified atom stereocenters. The summed E-state index contributed by atoms with van der Waals surface area (Å²) >= 11 is 0. The number of aryl methyl sites for hydroxylation is 1. The van der Waals surface area contributed by atoms with Gasteiger partial charge in [0.05, 0.1) is 26.2 Å². The average Bonchev–Trinajstić information content (AvgIpc) is 3.11. The molecule has 0 saturated heterocycles. The van der Waals surface area contributed by atoms with Gasteiger partial charge in [0.15, 0.2) is 5.82 Å². The molecular weight excluding hydrogens is 332 g/mol. The topological polar surface area (TPSA) is 89.1 Å². The maximum Gasteiger partial charge on any atom is 0.249 e. The van der Waals surface area contributed by atoms with Crippen LogP contribution >= 0.6 is 0 Å². The molecule has 1 heterocycles. The van der Waals surface area contributed by atoms with E-state index >= 15 is 0 Å². The van der Waals surface area contributed by atoms with Gasteiger partial charge in [-0.1, -0.05) is 24.3 Å². The number of nitrogens with one attached hydrogen (secondary N) is 2. The first-order chi connectivity index (χ1) is 12.6. The standard InChI is InChI=1S/C19H20N4O3/c1-12-6-4-5-7-13(12)10-17(24)20-19-21-18(22-23-19)15-9-8-14(25-2)11-16(15)26-3/h4-9,11H,10H2,1-3H3,(H2,20,21,22,23,24). The lowest BCUT2D eigenvalue weighted by molar-refractivity contribution is -0.115. The lowest BCUT2D eigenvalue weighted by Gasteiger charge is -2.07. The Labute approximate surface area is 151 Å². The molecule has 0 radical (unpaired) electrons. The zero-order valence-corrected chi connectivity index (χ0v) is 14.9. The van der Waals surface area contributed by atoms with Crippen molar-refractivity contribution in [1.82, 2.24) is 15.2 Å². The van der Waals surface area contributed by atoms with E-state index in [4.69, 9.17) is 9.47 Å². The van der Waals surface area contributed by atoms with Crippen LogP contribution in [0.15, 0.2) is 42.5 Å². The van der Waals surface area contributed by atoms with Crippen molar-refractivity contribution in [2.45, 2.75) is 13.3 Å². The first kappa shape index (κ1) is 17.5. The fourth-order valence-electron chi connectivity index (χ4n) is 2.58. The minimum Gasteiger partial charge on any atom is -0.497 e. The number of amides is 1. The summed E-state index contributed by atoms with van der Waals surface area (Å²) in [5, 5.41) is 9.59. The average molecular weight is 352 g/mol. The molecule has 0 atom stereocenters. The van der Waals surface area contributed by atoms with Crippen LogP contribution in [-0.2, 0) is 11.2 Å². The summed E-state index contributed by atoms with van der Waals surface area (Å²) in [5.74, 6) is 1.81. The summed E-state index contributed by atoms with van der Waals surface area (Å²) in [6.07, 6.45) is 0.266. The molecule has 7 nitrogen and oxygen atoms in total. The third-order valence-electron chi connectivity index (χ3n) is 4.01. The number of anilines is 1. The molecule has 0 aliphatic heterocycles. The Morgan fingerprint density at radius 2 is 1.96 bits per heavy atom. The van der Waals surface area contributed by atoms with E-state index < -0.39 is 0 Å². The number of ether oxygens (including phenoxy) is 2. The van der Waals surface area contributed by atoms with Crippen molar-refractivity contribution >= 4 is 11.9 Å². The number of aromatic amines is 1. The zero-order chi connectivity index (χ0) is 18.5. The van der Waals surface area contributed by atoms with Crippen LogP contribution < -0.4 is 14.8 Å². The van der Waals surface area contributed by atoms with Crippen molar-refractivity contribution in [1.29, 1.82) is 0 Å². The van der Waals surface area contributed by atoms with Gasteiger partial charge >= 0.3 is 0 Å². The second kappa shape index (κ2) is 7.69. The number of rotatable bonds is 6. The molecule has 134 valence electrons. The van der Waals surface area contributed by atoms with Crippen LogP contribution in [0.1, 0.15) is 11.1 Å². The van der Waals surface area contributed by atoms with Crippen LogP contribution in [0, 0.1) is 6.92 Å². The number of nitrogens with zero attached hydrogens (tertiary/aromatic N) is 2. The van der Waals surface area contributed by atoms with E-state index in [0.717, 1.165) is 16.7 Å². The van der Waals surface area contributed by atoms with Crippen molar-refractivity contribution in [2.24, 2.45) is 0 Å². The predicted molar refractivity (Wildman–Crippen MR) is 98.4 cm³/mol. The highest BCUT2D eigenvalue weighted by Crippen LogP contribution is 2.31. The Kier molecular flexibility index (Phi) is 5.17. The first-order valence-electron chi connectivity index (χ1n) is 8.10. The predicted octanol–water partition coefficient (Wildman–Crippen LogP) is 2.98. The van der Waals surface area contributed by atoms with Crippen molar-refractivity contribution in [3.8, 4) is 22.9 Å². The van der Waals surface area contributed by atoms with E-state index in [9.17, 15) is 4.79 Å². The van der Waals surface area contributed by atoms with E-state index in [-0.39, 0.29) is 18.3 Å². The molecule has 7 heteroatoms. The molecule has 26 heavy (non-hydrogen) atoms. The van der Waals surface area contributed by atoms with Crippen molar-refractivity contribution in [3.05, 3.63) is 53.6 Å². The number of carbonyl (C=O) groups excluding carboxylic acids is 1. The number of benzene rings is 2.